The van der Waals surface area contributed by atoms with Gasteiger partial charge in [0.2, 0.25) is 0 Å². The van der Waals surface area contributed by atoms with Crippen molar-refractivity contribution in [2.45, 2.75) is 26.2 Å². The molecule has 0 spiro atoms. The van der Waals surface area contributed by atoms with Crippen molar-refractivity contribution >= 4 is 21.6 Å². The van der Waals surface area contributed by atoms with E-state index in [9.17, 15) is 0 Å². The molecule has 1 aromatic rings. The second-order valence-electron chi connectivity index (χ2n) is 3.18. The summed E-state index contributed by atoms with van der Waals surface area (Å²) in [5, 5.41) is 3.75. The molecule has 3 heteroatoms. The maximum Gasteiger partial charge on any atom is 0.0376 e. The van der Waals surface area contributed by atoms with Gasteiger partial charge >= 0.3 is 0 Å². The molecule has 0 atom stereocenters. The fraction of sp³-hybridized carbons (Fsp3) is 0.364. The minimum Gasteiger partial charge on any atom is -0.323 e. The molecule has 0 aliphatic carbocycles. The summed E-state index contributed by atoms with van der Waals surface area (Å²) >= 11 is 3.41. The number of benzene rings is 1. The van der Waals surface area contributed by atoms with Crippen molar-refractivity contribution in [1.29, 1.82) is 0 Å². The van der Waals surface area contributed by atoms with Crippen LogP contribution in [0.5, 0.6) is 0 Å². The van der Waals surface area contributed by atoms with E-state index in [4.69, 9.17) is 5.84 Å². The number of hydrazone groups is 1. The molecular formula is C11H15BrN2. The smallest absolute Gasteiger partial charge is 0.0376 e. The first-order valence-corrected chi connectivity index (χ1v) is 5.55. The first-order valence-electron chi connectivity index (χ1n) is 4.76. The zero-order chi connectivity index (χ0) is 10.4. The lowest BCUT2D eigenvalue weighted by Crippen LogP contribution is -2.02. The van der Waals surface area contributed by atoms with Gasteiger partial charge in [-0.15, -0.1) is 0 Å². The van der Waals surface area contributed by atoms with E-state index in [0.717, 1.165) is 29.4 Å². The Labute approximate surface area is 93.3 Å². The predicted octanol–water partition coefficient (Wildman–Crippen LogP) is 3.11. The predicted molar refractivity (Wildman–Crippen MR) is 64.4 cm³/mol. The minimum atomic E-state index is 0.938. The van der Waals surface area contributed by atoms with Crippen LogP contribution in [0.4, 0.5) is 0 Å². The van der Waals surface area contributed by atoms with E-state index in [1.807, 2.05) is 0 Å². The third-order valence-corrected chi connectivity index (χ3v) is 2.73. The van der Waals surface area contributed by atoms with Crippen molar-refractivity contribution in [2.75, 3.05) is 0 Å². The highest BCUT2D eigenvalue weighted by Crippen LogP contribution is 2.12. The normalized spacial score (nSPS) is 11.7. The van der Waals surface area contributed by atoms with Crippen molar-refractivity contribution < 1.29 is 0 Å². The molecule has 0 heterocycles. The third-order valence-electron chi connectivity index (χ3n) is 2.21. The minimum absolute atomic E-state index is 0.938. The maximum atomic E-state index is 5.25. The van der Waals surface area contributed by atoms with Crippen LogP contribution in [-0.4, -0.2) is 5.71 Å². The fourth-order valence-electron chi connectivity index (χ4n) is 1.27. The van der Waals surface area contributed by atoms with Gasteiger partial charge in [-0.2, -0.15) is 5.10 Å². The Balaban J connectivity index is 2.49. The largest absolute Gasteiger partial charge is 0.323 e. The van der Waals surface area contributed by atoms with Crippen molar-refractivity contribution in [3.05, 3.63) is 34.3 Å². The molecule has 0 unspecified atom stereocenters. The van der Waals surface area contributed by atoms with Crippen LogP contribution in [0.2, 0.25) is 0 Å². The van der Waals surface area contributed by atoms with Crippen molar-refractivity contribution in [2.24, 2.45) is 10.9 Å². The van der Waals surface area contributed by atoms with Gasteiger partial charge in [0.05, 0.1) is 0 Å². The zero-order valence-corrected chi connectivity index (χ0v) is 9.92. The summed E-state index contributed by atoms with van der Waals surface area (Å²) in [6.45, 7) is 2.08. The van der Waals surface area contributed by atoms with E-state index in [0.29, 0.717) is 0 Å². The van der Waals surface area contributed by atoms with Crippen LogP contribution in [0.3, 0.4) is 0 Å². The first-order chi connectivity index (χ1) is 6.76. The lowest BCUT2D eigenvalue weighted by Gasteiger charge is -2.02. The lowest BCUT2D eigenvalue weighted by atomic mass is 10.1. The average molecular weight is 255 g/mol. The molecule has 2 nitrogen and oxygen atoms in total. The fourth-order valence-corrected chi connectivity index (χ4v) is 1.54. The summed E-state index contributed by atoms with van der Waals surface area (Å²) in [4.78, 5) is 0. The number of hydrogen-bond acceptors (Lipinski definition) is 2. The summed E-state index contributed by atoms with van der Waals surface area (Å²) in [5.74, 6) is 5.25. The Kier molecular flexibility index (Phi) is 4.66. The molecule has 1 rings (SSSR count). The van der Waals surface area contributed by atoms with Crippen molar-refractivity contribution in [1.82, 2.24) is 0 Å². The average Bonchev–Trinajstić information content (AvgIpc) is 2.22. The number of aryl methyl sites for hydroxylation is 1. The summed E-state index contributed by atoms with van der Waals surface area (Å²) < 4.78 is 1.12. The Hall–Kier alpha value is -0.830. The summed E-state index contributed by atoms with van der Waals surface area (Å²) in [6.07, 6.45) is 2.90. The molecule has 0 saturated heterocycles. The van der Waals surface area contributed by atoms with Crippen LogP contribution in [0.15, 0.2) is 33.8 Å². The molecule has 0 saturated carbocycles. The molecule has 0 aliphatic heterocycles. The molecule has 0 radical (unpaired) electrons. The van der Waals surface area contributed by atoms with E-state index >= 15 is 0 Å². The SMILES string of the molecule is CC/C(CCc1ccc(Br)cc1)=N\N. The topological polar surface area (TPSA) is 38.4 Å². The van der Waals surface area contributed by atoms with Crippen molar-refractivity contribution in [3.8, 4) is 0 Å². The highest BCUT2D eigenvalue weighted by atomic mass is 79.9. The monoisotopic (exact) mass is 254 g/mol. The van der Waals surface area contributed by atoms with E-state index in [-0.39, 0.29) is 0 Å². The summed E-state index contributed by atoms with van der Waals surface area (Å²) in [7, 11) is 0. The number of rotatable bonds is 4. The molecule has 76 valence electrons. The van der Waals surface area contributed by atoms with Crippen LogP contribution in [0, 0.1) is 0 Å². The van der Waals surface area contributed by atoms with Crippen LogP contribution in [-0.2, 0) is 6.42 Å². The zero-order valence-electron chi connectivity index (χ0n) is 8.33. The number of nitrogens with two attached hydrogens (primary N) is 1. The highest BCUT2D eigenvalue weighted by Gasteiger charge is 1.98. The molecule has 0 aliphatic rings. The van der Waals surface area contributed by atoms with Gasteiger partial charge in [0, 0.05) is 10.2 Å². The molecule has 0 fully saturated rings. The second kappa shape index (κ2) is 5.81. The second-order valence-corrected chi connectivity index (χ2v) is 4.09. The van der Waals surface area contributed by atoms with E-state index in [2.05, 4.69) is 52.2 Å². The Morgan fingerprint density at radius 1 is 1.36 bits per heavy atom. The number of halogens is 1. The molecule has 14 heavy (non-hydrogen) atoms. The van der Waals surface area contributed by atoms with Crippen LogP contribution in [0.1, 0.15) is 25.3 Å². The molecule has 0 bridgehead atoms. The van der Waals surface area contributed by atoms with Crippen LogP contribution >= 0.6 is 15.9 Å². The Morgan fingerprint density at radius 2 is 2.00 bits per heavy atom. The quantitative estimate of drug-likeness (QED) is 0.501. The van der Waals surface area contributed by atoms with Crippen LogP contribution < -0.4 is 5.84 Å². The molecule has 2 N–H and O–H groups in total. The molecular weight excluding hydrogens is 240 g/mol. The van der Waals surface area contributed by atoms with Gasteiger partial charge in [-0.25, -0.2) is 0 Å². The van der Waals surface area contributed by atoms with Gasteiger partial charge in [0.15, 0.2) is 0 Å². The van der Waals surface area contributed by atoms with Gasteiger partial charge in [-0.3, -0.25) is 0 Å². The van der Waals surface area contributed by atoms with Crippen molar-refractivity contribution in [3.63, 3.8) is 0 Å². The van der Waals surface area contributed by atoms with E-state index < -0.39 is 0 Å². The van der Waals surface area contributed by atoms with E-state index in [1.54, 1.807) is 0 Å². The van der Waals surface area contributed by atoms with Gasteiger partial charge in [0.25, 0.3) is 0 Å². The van der Waals surface area contributed by atoms with E-state index in [1.165, 1.54) is 5.56 Å². The van der Waals surface area contributed by atoms with Gasteiger partial charge in [-0.05, 0) is 37.0 Å². The highest BCUT2D eigenvalue weighted by molar-refractivity contribution is 9.10. The Bertz CT molecular complexity index is 304. The van der Waals surface area contributed by atoms with Gasteiger partial charge in [-0.1, -0.05) is 35.0 Å². The molecule has 0 aromatic heterocycles. The number of hydrogen-bond donors (Lipinski definition) is 1. The number of nitrogens with zero attached hydrogens (tertiary/aromatic N) is 1. The lowest BCUT2D eigenvalue weighted by molar-refractivity contribution is 0.987. The van der Waals surface area contributed by atoms with Gasteiger partial charge < -0.3 is 5.84 Å². The first kappa shape index (κ1) is 11.2. The third kappa shape index (κ3) is 3.50. The molecule has 0 amide bonds. The van der Waals surface area contributed by atoms with Crippen LogP contribution in [0.25, 0.3) is 0 Å². The summed E-state index contributed by atoms with van der Waals surface area (Å²) in [6, 6.07) is 8.35. The standard InChI is InChI=1S/C11H15BrN2/c1-2-11(14-13)8-5-9-3-6-10(12)7-4-9/h3-4,6-7H,2,5,8,13H2,1H3/b14-11+. The Morgan fingerprint density at radius 3 is 2.50 bits per heavy atom. The van der Waals surface area contributed by atoms with Gasteiger partial charge in [0.1, 0.15) is 0 Å². The maximum absolute atomic E-state index is 5.25. The summed E-state index contributed by atoms with van der Waals surface area (Å²) in [5.41, 5.74) is 2.40. The molecule has 1 aromatic carbocycles.